The van der Waals surface area contributed by atoms with Gasteiger partial charge in [0.25, 0.3) is 0 Å². The van der Waals surface area contributed by atoms with Crippen LogP contribution < -0.4 is 20.9 Å². The molecule has 0 radical (unpaired) electrons. The molecular formula is C46H32N6O2. The molecule has 2 heterocycles. The van der Waals surface area contributed by atoms with Crippen LogP contribution in [0, 0.1) is 0 Å². The smallest absolute Gasteiger partial charge is 0.129 e. The van der Waals surface area contributed by atoms with Crippen LogP contribution in [0.25, 0.3) is 67.1 Å². The quantitative estimate of drug-likeness (QED) is 0.150. The summed E-state index contributed by atoms with van der Waals surface area (Å²) in [6.45, 7) is 0. The molecule has 258 valence electrons. The van der Waals surface area contributed by atoms with Crippen LogP contribution in [0.1, 0.15) is 0 Å². The Balaban J connectivity index is 1.11. The molecule has 0 aliphatic rings. The first-order chi connectivity index (χ1) is 26.5. The Morgan fingerprint density at radius 3 is 0.981 bits per heavy atom. The number of aromatic nitrogens is 4. The summed E-state index contributed by atoms with van der Waals surface area (Å²) in [6.07, 6.45) is 0. The number of ether oxygens (including phenoxy) is 2. The van der Waals surface area contributed by atoms with Crippen molar-refractivity contribution < 1.29 is 9.47 Å². The van der Waals surface area contributed by atoms with Gasteiger partial charge in [-0.15, -0.1) is 0 Å². The van der Waals surface area contributed by atoms with Gasteiger partial charge in [0.15, 0.2) is 0 Å². The zero-order valence-corrected chi connectivity index (χ0v) is 28.9. The zero-order chi connectivity index (χ0) is 36.4. The van der Waals surface area contributed by atoms with Crippen molar-refractivity contribution in [1.29, 1.82) is 0 Å². The third-order valence-corrected chi connectivity index (χ3v) is 9.03. The molecule has 0 spiro atoms. The van der Waals surface area contributed by atoms with E-state index in [1.54, 1.807) is 0 Å². The van der Waals surface area contributed by atoms with Gasteiger partial charge in [0.2, 0.25) is 0 Å². The first-order valence-electron chi connectivity index (χ1n) is 17.4. The van der Waals surface area contributed by atoms with Crippen molar-refractivity contribution in [3.05, 3.63) is 170 Å². The fourth-order valence-electron chi connectivity index (χ4n) is 6.32. The van der Waals surface area contributed by atoms with E-state index in [1.807, 2.05) is 133 Å². The van der Waals surface area contributed by atoms with Crippen molar-refractivity contribution in [2.75, 3.05) is 11.5 Å². The molecule has 9 aromatic rings. The molecule has 0 amide bonds. The molecule has 0 unspecified atom stereocenters. The summed E-state index contributed by atoms with van der Waals surface area (Å²) in [7, 11) is 0. The van der Waals surface area contributed by atoms with Crippen molar-refractivity contribution in [2.45, 2.75) is 0 Å². The minimum absolute atomic E-state index is 0.655. The van der Waals surface area contributed by atoms with Crippen LogP contribution in [0.15, 0.2) is 170 Å². The maximum Gasteiger partial charge on any atom is 0.129 e. The van der Waals surface area contributed by atoms with E-state index in [1.165, 1.54) is 0 Å². The highest BCUT2D eigenvalue weighted by Crippen LogP contribution is 2.37. The SMILES string of the molecule is Nc1ccc(Oc2ccc3nc(-c4ccc(-c5nc6cc(Oc7ccc(N)cc7)ccc6nc5-c5ccccc5)cc4)c(-c4ccccc4)nc3c2)cc1. The Hall–Kier alpha value is -7.58. The van der Waals surface area contributed by atoms with E-state index in [0.717, 1.165) is 61.6 Å². The molecule has 4 N–H and O–H groups in total. The highest BCUT2D eigenvalue weighted by molar-refractivity contribution is 5.90. The lowest BCUT2D eigenvalue weighted by Crippen LogP contribution is -1.97. The lowest BCUT2D eigenvalue weighted by atomic mass is 9.99. The van der Waals surface area contributed by atoms with Crippen LogP contribution in [0.2, 0.25) is 0 Å². The zero-order valence-electron chi connectivity index (χ0n) is 28.9. The number of nitrogens with two attached hydrogens (primary N) is 2. The lowest BCUT2D eigenvalue weighted by Gasteiger charge is -2.14. The summed E-state index contributed by atoms with van der Waals surface area (Å²) in [5.41, 5.74) is 22.9. The van der Waals surface area contributed by atoms with E-state index in [-0.39, 0.29) is 0 Å². The second kappa shape index (κ2) is 13.9. The van der Waals surface area contributed by atoms with Gasteiger partial charge in [-0.3, -0.25) is 0 Å². The largest absolute Gasteiger partial charge is 0.457 e. The average molecular weight is 701 g/mol. The first kappa shape index (κ1) is 32.3. The van der Waals surface area contributed by atoms with Crippen molar-refractivity contribution in [3.63, 3.8) is 0 Å². The van der Waals surface area contributed by atoms with Crippen molar-refractivity contribution in [1.82, 2.24) is 19.9 Å². The number of fused-ring (bicyclic) bond motifs is 2. The molecule has 9 rings (SSSR count). The van der Waals surface area contributed by atoms with Crippen molar-refractivity contribution >= 4 is 33.4 Å². The van der Waals surface area contributed by atoms with Gasteiger partial charge in [-0.05, 0) is 72.8 Å². The Kier molecular flexibility index (Phi) is 8.30. The molecule has 0 aliphatic carbocycles. The number of anilines is 2. The molecular weight excluding hydrogens is 669 g/mol. The maximum atomic E-state index is 6.13. The molecule has 54 heavy (non-hydrogen) atoms. The second-order valence-electron chi connectivity index (χ2n) is 12.8. The molecule has 0 fully saturated rings. The highest BCUT2D eigenvalue weighted by Gasteiger charge is 2.17. The molecule has 0 saturated heterocycles. The number of nitrogen functional groups attached to an aromatic ring is 2. The molecule has 8 nitrogen and oxygen atoms in total. The Morgan fingerprint density at radius 2 is 0.611 bits per heavy atom. The number of hydrogen-bond acceptors (Lipinski definition) is 8. The van der Waals surface area contributed by atoms with Crippen LogP contribution >= 0.6 is 0 Å². The molecule has 7 aromatic carbocycles. The normalized spacial score (nSPS) is 11.1. The van der Waals surface area contributed by atoms with E-state index in [4.69, 9.17) is 40.9 Å². The summed E-state index contributed by atoms with van der Waals surface area (Å²) >= 11 is 0. The third-order valence-electron chi connectivity index (χ3n) is 9.03. The van der Waals surface area contributed by atoms with Crippen molar-refractivity contribution in [3.8, 4) is 68.0 Å². The van der Waals surface area contributed by atoms with Gasteiger partial charge in [-0.25, -0.2) is 19.9 Å². The van der Waals surface area contributed by atoms with E-state index in [9.17, 15) is 0 Å². The topological polar surface area (TPSA) is 122 Å². The van der Waals surface area contributed by atoms with Crippen LogP contribution in [0.3, 0.4) is 0 Å². The number of nitrogens with zero attached hydrogens (tertiary/aromatic N) is 4. The fourth-order valence-corrected chi connectivity index (χ4v) is 6.32. The standard InChI is InChI=1S/C46H32N6O2/c47-33-15-19-35(20-16-33)53-37-24-26-40-41(27-37)51-44(30-9-5-2-6-10-30)45(50-40)31-11-13-32(14-12-31)46-43(29-7-3-1-4-8-29)49-39-25-23-38(28-42(39)52-46)54-36-21-17-34(48)18-22-36/h1-28H,47-48H2. The molecule has 8 heteroatoms. The minimum Gasteiger partial charge on any atom is -0.457 e. The van der Waals surface area contributed by atoms with E-state index < -0.39 is 0 Å². The molecule has 2 aromatic heterocycles. The van der Waals surface area contributed by atoms with Gasteiger partial charge in [-0.1, -0.05) is 84.9 Å². The summed E-state index contributed by atoms with van der Waals surface area (Å²) < 4.78 is 12.3. The van der Waals surface area contributed by atoms with Gasteiger partial charge in [0, 0.05) is 45.8 Å². The van der Waals surface area contributed by atoms with E-state index >= 15 is 0 Å². The number of benzene rings is 7. The second-order valence-corrected chi connectivity index (χ2v) is 12.8. The lowest BCUT2D eigenvalue weighted by molar-refractivity contribution is 0.483. The van der Waals surface area contributed by atoms with Crippen molar-refractivity contribution in [2.24, 2.45) is 0 Å². The number of rotatable bonds is 8. The predicted octanol–water partition coefficient (Wildman–Crippen LogP) is 11.0. The third kappa shape index (κ3) is 6.63. The van der Waals surface area contributed by atoms with Gasteiger partial charge in [-0.2, -0.15) is 0 Å². The highest BCUT2D eigenvalue weighted by atomic mass is 16.5. The Bertz CT molecular complexity index is 2760. The van der Waals surface area contributed by atoms with Crippen LogP contribution in [-0.2, 0) is 0 Å². The van der Waals surface area contributed by atoms with Gasteiger partial charge >= 0.3 is 0 Å². The van der Waals surface area contributed by atoms with E-state index in [0.29, 0.717) is 39.9 Å². The summed E-state index contributed by atoms with van der Waals surface area (Å²) in [5, 5.41) is 0. The molecule has 0 bridgehead atoms. The Labute approximate surface area is 311 Å². The Morgan fingerprint density at radius 1 is 0.296 bits per heavy atom. The van der Waals surface area contributed by atoms with Crippen LogP contribution in [0.4, 0.5) is 11.4 Å². The van der Waals surface area contributed by atoms with Gasteiger partial charge in [0.05, 0.1) is 44.8 Å². The van der Waals surface area contributed by atoms with Crippen LogP contribution in [-0.4, -0.2) is 19.9 Å². The first-order valence-corrected chi connectivity index (χ1v) is 17.4. The van der Waals surface area contributed by atoms with E-state index in [2.05, 4.69) is 36.4 Å². The summed E-state index contributed by atoms with van der Waals surface area (Å²) in [4.78, 5) is 20.6. The fraction of sp³-hybridized carbons (Fsp3) is 0. The monoisotopic (exact) mass is 700 g/mol. The number of hydrogen-bond donors (Lipinski definition) is 2. The summed E-state index contributed by atoms with van der Waals surface area (Å²) in [6, 6.07) is 54.6. The summed E-state index contributed by atoms with van der Waals surface area (Å²) in [5.74, 6) is 2.69. The molecule has 0 saturated carbocycles. The average Bonchev–Trinajstić information content (AvgIpc) is 3.22. The van der Waals surface area contributed by atoms with Gasteiger partial charge < -0.3 is 20.9 Å². The predicted molar refractivity (Wildman–Crippen MR) is 216 cm³/mol. The minimum atomic E-state index is 0.655. The molecule has 0 atom stereocenters. The maximum absolute atomic E-state index is 6.13. The van der Waals surface area contributed by atoms with Crippen LogP contribution in [0.5, 0.6) is 23.0 Å². The molecule has 0 aliphatic heterocycles. The van der Waals surface area contributed by atoms with Gasteiger partial charge in [0.1, 0.15) is 23.0 Å².